The molecule has 2 aromatic rings. The van der Waals surface area contributed by atoms with E-state index in [0.717, 1.165) is 11.8 Å². The fourth-order valence-electron chi connectivity index (χ4n) is 1.96. The molecule has 0 saturated carbocycles. The van der Waals surface area contributed by atoms with Crippen molar-refractivity contribution in [2.75, 3.05) is 17.6 Å². The number of nitrogen functional groups attached to an aromatic ring is 1. The van der Waals surface area contributed by atoms with Crippen molar-refractivity contribution in [3.63, 3.8) is 0 Å². The molecule has 0 spiro atoms. The Balaban J connectivity index is 1.99. The maximum atomic E-state index is 12.8. The standard InChI is InChI=1S/C15H15F3N2/c16-15(17,18)14-4-2-1-3-11(14)9-10-20-13-7-5-12(19)6-8-13/h1-8,20H,9-10,19H2. The number of anilines is 2. The Hall–Kier alpha value is -2.17. The van der Waals surface area contributed by atoms with E-state index >= 15 is 0 Å². The molecule has 5 heteroatoms. The highest BCUT2D eigenvalue weighted by atomic mass is 19.4. The molecule has 0 heterocycles. The van der Waals surface area contributed by atoms with Crippen LogP contribution in [0.5, 0.6) is 0 Å². The van der Waals surface area contributed by atoms with Crippen LogP contribution in [0.1, 0.15) is 11.1 Å². The highest BCUT2D eigenvalue weighted by molar-refractivity contribution is 5.51. The average molecular weight is 280 g/mol. The minimum absolute atomic E-state index is 0.294. The van der Waals surface area contributed by atoms with Gasteiger partial charge in [-0.2, -0.15) is 13.2 Å². The van der Waals surface area contributed by atoms with Gasteiger partial charge in [0.1, 0.15) is 0 Å². The summed E-state index contributed by atoms with van der Waals surface area (Å²) in [6, 6.07) is 12.7. The Morgan fingerprint density at radius 1 is 0.950 bits per heavy atom. The Bertz CT molecular complexity index is 562. The molecule has 0 saturated heterocycles. The Labute approximate surface area is 115 Å². The zero-order valence-corrected chi connectivity index (χ0v) is 10.7. The molecule has 20 heavy (non-hydrogen) atoms. The molecule has 0 aromatic heterocycles. The highest BCUT2D eigenvalue weighted by Gasteiger charge is 2.32. The van der Waals surface area contributed by atoms with E-state index < -0.39 is 11.7 Å². The minimum Gasteiger partial charge on any atom is -0.399 e. The van der Waals surface area contributed by atoms with E-state index in [-0.39, 0.29) is 0 Å². The molecule has 2 rings (SSSR count). The molecule has 0 radical (unpaired) electrons. The molecule has 0 atom stereocenters. The van der Waals surface area contributed by atoms with E-state index in [9.17, 15) is 13.2 Å². The fourth-order valence-corrected chi connectivity index (χ4v) is 1.96. The zero-order chi connectivity index (χ0) is 14.6. The molecule has 106 valence electrons. The van der Waals surface area contributed by atoms with Crippen LogP contribution in [0.2, 0.25) is 0 Å². The van der Waals surface area contributed by atoms with Crippen molar-refractivity contribution in [3.8, 4) is 0 Å². The van der Waals surface area contributed by atoms with Gasteiger partial charge in [-0.15, -0.1) is 0 Å². The molecule has 0 unspecified atom stereocenters. The number of hydrogen-bond acceptors (Lipinski definition) is 2. The summed E-state index contributed by atoms with van der Waals surface area (Å²) < 4.78 is 38.4. The number of nitrogens with two attached hydrogens (primary N) is 1. The van der Waals surface area contributed by atoms with Crippen LogP contribution in [0, 0.1) is 0 Å². The molecule has 0 aliphatic rings. The first kappa shape index (κ1) is 14.2. The van der Waals surface area contributed by atoms with Gasteiger partial charge in [0.15, 0.2) is 0 Å². The van der Waals surface area contributed by atoms with Crippen LogP contribution >= 0.6 is 0 Å². The van der Waals surface area contributed by atoms with Gasteiger partial charge in [0.05, 0.1) is 5.56 Å². The zero-order valence-electron chi connectivity index (χ0n) is 10.7. The molecule has 2 nitrogen and oxygen atoms in total. The molecule has 0 aliphatic carbocycles. The summed E-state index contributed by atoms with van der Waals surface area (Å²) in [5.41, 5.74) is 6.77. The van der Waals surface area contributed by atoms with Gasteiger partial charge in [0.2, 0.25) is 0 Å². The predicted molar refractivity (Wildman–Crippen MR) is 74.5 cm³/mol. The summed E-state index contributed by atoms with van der Waals surface area (Å²) >= 11 is 0. The van der Waals surface area contributed by atoms with Gasteiger partial charge in [-0.25, -0.2) is 0 Å². The van der Waals surface area contributed by atoms with Crippen LogP contribution < -0.4 is 11.1 Å². The van der Waals surface area contributed by atoms with Crippen LogP contribution in [-0.4, -0.2) is 6.54 Å². The van der Waals surface area contributed by atoms with Crippen molar-refractivity contribution in [2.45, 2.75) is 12.6 Å². The number of hydrogen-bond donors (Lipinski definition) is 2. The molecule has 3 N–H and O–H groups in total. The Morgan fingerprint density at radius 3 is 2.25 bits per heavy atom. The second-order valence-corrected chi connectivity index (χ2v) is 4.45. The lowest BCUT2D eigenvalue weighted by atomic mass is 10.0. The maximum absolute atomic E-state index is 12.8. The average Bonchev–Trinajstić information content (AvgIpc) is 2.40. The Kier molecular flexibility index (Phi) is 4.17. The summed E-state index contributed by atoms with van der Waals surface area (Å²) in [5.74, 6) is 0. The summed E-state index contributed by atoms with van der Waals surface area (Å²) in [6.45, 7) is 0.428. The molecular formula is C15H15F3N2. The van der Waals surface area contributed by atoms with Crippen molar-refractivity contribution in [1.82, 2.24) is 0 Å². The number of benzene rings is 2. The van der Waals surface area contributed by atoms with Gasteiger partial charge in [-0.1, -0.05) is 18.2 Å². The van der Waals surface area contributed by atoms with E-state index in [1.165, 1.54) is 12.1 Å². The van der Waals surface area contributed by atoms with Crippen molar-refractivity contribution in [3.05, 3.63) is 59.7 Å². The smallest absolute Gasteiger partial charge is 0.399 e. The van der Waals surface area contributed by atoms with Crippen LogP contribution in [-0.2, 0) is 12.6 Å². The lowest BCUT2D eigenvalue weighted by molar-refractivity contribution is -0.138. The summed E-state index contributed by atoms with van der Waals surface area (Å²) in [6.07, 6.45) is -4.00. The topological polar surface area (TPSA) is 38.0 Å². The van der Waals surface area contributed by atoms with Gasteiger partial charge >= 0.3 is 6.18 Å². The summed E-state index contributed by atoms with van der Waals surface area (Å²) in [5, 5.41) is 3.08. The molecular weight excluding hydrogens is 265 g/mol. The van der Waals surface area contributed by atoms with Crippen LogP contribution in [0.25, 0.3) is 0 Å². The molecule has 0 amide bonds. The first-order valence-electron chi connectivity index (χ1n) is 6.21. The maximum Gasteiger partial charge on any atom is 0.416 e. The van der Waals surface area contributed by atoms with E-state index in [0.29, 0.717) is 24.2 Å². The second-order valence-electron chi connectivity index (χ2n) is 4.45. The minimum atomic E-state index is -4.31. The third kappa shape index (κ3) is 3.66. The molecule has 2 aromatic carbocycles. The van der Waals surface area contributed by atoms with E-state index in [4.69, 9.17) is 5.73 Å². The first-order valence-corrected chi connectivity index (χ1v) is 6.21. The van der Waals surface area contributed by atoms with Crippen molar-refractivity contribution in [2.24, 2.45) is 0 Å². The normalized spacial score (nSPS) is 11.3. The largest absolute Gasteiger partial charge is 0.416 e. The first-order chi connectivity index (χ1) is 9.47. The third-order valence-corrected chi connectivity index (χ3v) is 2.96. The predicted octanol–water partition coefficient (Wildman–Crippen LogP) is 3.94. The van der Waals surface area contributed by atoms with Gasteiger partial charge < -0.3 is 11.1 Å². The summed E-state index contributed by atoms with van der Waals surface area (Å²) in [7, 11) is 0. The van der Waals surface area contributed by atoms with Crippen molar-refractivity contribution < 1.29 is 13.2 Å². The number of halogens is 3. The lowest BCUT2D eigenvalue weighted by Gasteiger charge is -2.13. The monoisotopic (exact) mass is 280 g/mol. The third-order valence-electron chi connectivity index (χ3n) is 2.96. The van der Waals surface area contributed by atoms with Crippen molar-refractivity contribution >= 4 is 11.4 Å². The van der Waals surface area contributed by atoms with Crippen LogP contribution in [0.4, 0.5) is 24.5 Å². The van der Waals surface area contributed by atoms with Gasteiger partial charge in [0, 0.05) is 17.9 Å². The van der Waals surface area contributed by atoms with Crippen LogP contribution in [0.15, 0.2) is 48.5 Å². The second kappa shape index (κ2) is 5.86. The molecule has 0 aliphatic heterocycles. The fraction of sp³-hybridized carbons (Fsp3) is 0.200. The molecule has 0 bridgehead atoms. The van der Waals surface area contributed by atoms with Crippen LogP contribution in [0.3, 0.4) is 0 Å². The van der Waals surface area contributed by atoms with Gasteiger partial charge in [0.25, 0.3) is 0 Å². The number of alkyl halides is 3. The van der Waals surface area contributed by atoms with E-state index in [2.05, 4.69) is 5.32 Å². The lowest BCUT2D eigenvalue weighted by Crippen LogP contribution is -2.12. The SMILES string of the molecule is Nc1ccc(NCCc2ccccc2C(F)(F)F)cc1. The van der Waals surface area contributed by atoms with E-state index in [1.54, 1.807) is 30.3 Å². The Morgan fingerprint density at radius 2 is 1.60 bits per heavy atom. The van der Waals surface area contributed by atoms with Gasteiger partial charge in [-0.3, -0.25) is 0 Å². The number of rotatable bonds is 4. The highest BCUT2D eigenvalue weighted by Crippen LogP contribution is 2.31. The number of nitrogens with one attached hydrogen (secondary N) is 1. The quantitative estimate of drug-likeness (QED) is 0.832. The van der Waals surface area contributed by atoms with E-state index in [1.807, 2.05) is 0 Å². The van der Waals surface area contributed by atoms with Gasteiger partial charge in [-0.05, 0) is 42.3 Å². The summed E-state index contributed by atoms with van der Waals surface area (Å²) in [4.78, 5) is 0. The van der Waals surface area contributed by atoms with Crippen molar-refractivity contribution in [1.29, 1.82) is 0 Å². The molecule has 0 fully saturated rings.